The predicted octanol–water partition coefficient (Wildman–Crippen LogP) is 0.642. The van der Waals surface area contributed by atoms with Crippen LogP contribution < -0.4 is 15.9 Å². The number of aromatic nitrogens is 3. The van der Waals surface area contributed by atoms with E-state index in [0.29, 0.717) is 5.82 Å². The molecule has 0 saturated carbocycles. The summed E-state index contributed by atoms with van der Waals surface area (Å²) in [4.78, 5) is 49.4. The topological polar surface area (TPSA) is 106 Å². The molecule has 0 aliphatic carbocycles. The number of nitrogens with zero attached hydrogens (tertiary/aromatic N) is 4. The maximum Gasteiger partial charge on any atom is 0.346 e. The van der Waals surface area contributed by atoms with Gasteiger partial charge in [-0.1, -0.05) is 12.1 Å². The number of imide groups is 1. The Labute approximate surface area is 167 Å². The first kappa shape index (κ1) is 19.1. The molecule has 1 unspecified atom stereocenters. The van der Waals surface area contributed by atoms with Crippen molar-refractivity contribution in [2.45, 2.75) is 31.7 Å². The van der Waals surface area contributed by atoms with Gasteiger partial charge in [-0.2, -0.15) is 0 Å². The van der Waals surface area contributed by atoms with Crippen LogP contribution in [0.1, 0.15) is 31.7 Å². The smallest absolute Gasteiger partial charge is 0.346 e. The summed E-state index contributed by atoms with van der Waals surface area (Å²) in [5.41, 5.74) is 1.38. The highest BCUT2D eigenvalue weighted by molar-refractivity contribution is 5.99. The summed E-state index contributed by atoms with van der Waals surface area (Å²) in [6.07, 6.45) is 3.13. The number of anilines is 1. The van der Waals surface area contributed by atoms with Crippen molar-refractivity contribution < 1.29 is 14.4 Å². The molecule has 2 aliphatic heterocycles. The second-order valence-electron chi connectivity index (χ2n) is 7.59. The van der Waals surface area contributed by atoms with Crippen LogP contribution in [0.2, 0.25) is 0 Å². The van der Waals surface area contributed by atoms with Gasteiger partial charge in [-0.05, 0) is 31.4 Å². The van der Waals surface area contributed by atoms with Gasteiger partial charge in [-0.15, -0.1) is 5.10 Å². The monoisotopic (exact) mass is 397 g/mol. The summed E-state index contributed by atoms with van der Waals surface area (Å²) < 4.78 is 2.58. The van der Waals surface area contributed by atoms with Crippen LogP contribution in [0.25, 0.3) is 11.4 Å². The van der Waals surface area contributed by atoms with Crippen LogP contribution in [0.3, 0.4) is 0 Å². The Hall–Kier alpha value is -3.23. The molecule has 0 bridgehead atoms. The number of benzene rings is 1. The molecule has 1 aromatic carbocycles. The highest BCUT2D eigenvalue weighted by atomic mass is 16.2. The number of amides is 2. The maximum absolute atomic E-state index is 12.7. The van der Waals surface area contributed by atoms with E-state index in [2.05, 4.69) is 15.3 Å². The van der Waals surface area contributed by atoms with Gasteiger partial charge >= 0.3 is 5.69 Å². The summed E-state index contributed by atoms with van der Waals surface area (Å²) in [7, 11) is 1.62. The van der Waals surface area contributed by atoms with Crippen LogP contribution >= 0.6 is 0 Å². The molecule has 1 atom stereocenters. The number of carbonyl (C=O) groups is 3. The third-order valence-electron chi connectivity index (χ3n) is 5.71. The molecule has 2 amide bonds. The van der Waals surface area contributed by atoms with Crippen LogP contribution in [-0.4, -0.2) is 45.5 Å². The molecule has 2 saturated heterocycles. The van der Waals surface area contributed by atoms with E-state index in [1.165, 1.54) is 9.25 Å². The Bertz CT molecular complexity index is 1020. The van der Waals surface area contributed by atoms with Crippen LogP contribution in [0.4, 0.5) is 5.69 Å². The number of carbonyl (C=O) groups excluding carboxylic acids is 3. The lowest BCUT2D eigenvalue weighted by atomic mass is 9.98. The Kier molecular flexibility index (Phi) is 5.04. The number of piperidine rings is 2. The van der Waals surface area contributed by atoms with Crippen molar-refractivity contribution in [3.8, 4) is 11.4 Å². The minimum absolute atomic E-state index is 0.125. The van der Waals surface area contributed by atoms with Crippen LogP contribution in [-0.2, 0) is 21.4 Å². The molecule has 3 heterocycles. The van der Waals surface area contributed by atoms with Crippen molar-refractivity contribution in [1.29, 1.82) is 0 Å². The van der Waals surface area contributed by atoms with E-state index in [9.17, 15) is 19.2 Å². The van der Waals surface area contributed by atoms with Gasteiger partial charge in [0, 0.05) is 43.7 Å². The van der Waals surface area contributed by atoms with Crippen molar-refractivity contribution in [3.05, 3.63) is 34.7 Å². The number of aldehydes is 1. The third-order valence-corrected chi connectivity index (χ3v) is 5.71. The van der Waals surface area contributed by atoms with Crippen molar-refractivity contribution >= 4 is 23.8 Å². The van der Waals surface area contributed by atoms with Gasteiger partial charge < -0.3 is 9.69 Å². The molecular formula is C20H23N5O4. The molecule has 9 heteroatoms. The van der Waals surface area contributed by atoms with Gasteiger partial charge in [-0.25, -0.2) is 9.48 Å². The van der Waals surface area contributed by atoms with Gasteiger partial charge in [0.25, 0.3) is 5.91 Å². The molecule has 0 spiro atoms. The van der Waals surface area contributed by atoms with Crippen molar-refractivity contribution in [3.63, 3.8) is 0 Å². The first-order valence-electron chi connectivity index (χ1n) is 9.78. The second-order valence-corrected chi connectivity index (χ2v) is 7.59. The van der Waals surface area contributed by atoms with E-state index < -0.39 is 17.6 Å². The van der Waals surface area contributed by atoms with Gasteiger partial charge in [0.15, 0.2) is 5.82 Å². The Morgan fingerprint density at radius 1 is 1.14 bits per heavy atom. The molecule has 4 rings (SSSR count). The van der Waals surface area contributed by atoms with Crippen LogP contribution in [0.15, 0.2) is 29.1 Å². The average molecular weight is 397 g/mol. The Morgan fingerprint density at radius 2 is 1.90 bits per heavy atom. The standard InChI is InChI=1S/C20H23N5O4/c1-23-18(22-25(20(23)29)16-5-6-17(27)21-19(16)28)14-3-2-4-15(11-14)24-9-7-13(12-26)8-10-24/h2-4,11-13,16H,5-10H2,1H3,(H,21,27,28). The fourth-order valence-corrected chi connectivity index (χ4v) is 3.96. The quantitative estimate of drug-likeness (QED) is 0.600. The fraction of sp³-hybridized carbons (Fsp3) is 0.450. The first-order chi connectivity index (χ1) is 14.0. The van der Waals surface area contributed by atoms with Crippen molar-refractivity contribution in [1.82, 2.24) is 19.7 Å². The van der Waals surface area contributed by atoms with E-state index in [-0.39, 0.29) is 24.7 Å². The largest absolute Gasteiger partial charge is 0.371 e. The molecule has 9 nitrogen and oxygen atoms in total. The number of nitrogens with one attached hydrogen (secondary N) is 1. The van der Waals surface area contributed by atoms with Crippen molar-refractivity contribution in [2.75, 3.05) is 18.0 Å². The maximum atomic E-state index is 12.7. The molecule has 2 aliphatic rings. The van der Waals surface area contributed by atoms with E-state index in [0.717, 1.165) is 43.5 Å². The number of hydrogen-bond donors (Lipinski definition) is 1. The minimum Gasteiger partial charge on any atom is -0.371 e. The predicted molar refractivity (Wildman–Crippen MR) is 105 cm³/mol. The van der Waals surface area contributed by atoms with Gasteiger partial charge in [-0.3, -0.25) is 19.5 Å². The minimum atomic E-state index is -0.786. The summed E-state index contributed by atoms with van der Waals surface area (Å²) in [5.74, 6) is -0.245. The second kappa shape index (κ2) is 7.65. The van der Waals surface area contributed by atoms with E-state index in [4.69, 9.17) is 0 Å². The number of hydrogen-bond acceptors (Lipinski definition) is 6. The fourth-order valence-electron chi connectivity index (χ4n) is 3.96. The van der Waals surface area contributed by atoms with Crippen molar-refractivity contribution in [2.24, 2.45) is 13.0 Å². The summed E-state index contributed by atoms with van der Waals surface area (Å²) in [6.45, 7) is 1.60. The normalized spacial score (nSPS) is 20.6. The highest BCUT2D eigenvalue weighted by Crippen LogP contribution is 2.27. The zero-order chi connectivity index (χ0) is 20.5. The molecule has 1 N–H and O–H groups in total. The lowest BCUT2D eigenvalue weighted by Crippen LogP contribution is -2.44. The zero-order valence-corrected chi connectivity index (χ0v) is 16.2. The van der Waals surface area contributed by atoms with Crippen LogP contribution in [0, 0.1) is 5.92 Å². The lowest BCUT2D eigenvalue weighted by molar-refractivity contribution is -0.136. The van der Waals surface area contributed by atoms with E-state index in [1.807, 2.05) is 24.3 Å². The Morgan fingerprint density at radius 3 is 2.59 bits per heavy atom. The first-order valence-corrected chi connectivity index (χ1v) is 9.78. The molecule has 152 valence electrons. The molecular weight excluding hydrogens is 374 g/mol. The SMILES string of the molecule is Cn1c(-c2cccc(N3CCC(C=O)CC3)c2)nn(C2CCC(=O)NC2=O)c1=O. The third kappa shape index (κ3) is 3.59. The van der Waals surface area contributed by atoms with E-state index in [1.54, 1.807) is 7.05 Å². The Balaban J connectivity index is 1.62. The summed E-state index contributed by atoms with van der Waals surface area (Å²) >= 11 is 0. The summed E-state index contributed by atoms with van der Waals surface area (Å²) in [5, 5.41) is 6.69. The number of rotatable bonds is 4. The zero-order valence-electron chi connectivity index (χ0n) is 16.2. The summed E-state index contributed by atoms with van der Waals surface area (Å²) in [6, 6.07) is 6.97. The van der Waals surface area contributed by atoms with Gasteiger partial charge in [0.05, 0.1) is 0 Å². The molecule has 0 radical (unpaired) electrons. The lowest BCUT2D eigenvalue weighted by Gasteiger charge is -2.31. The molecule has 29 heavy (non-hydrogen) atoms. The van der Waals surface area contributed by atoms with Gasteiger partial charge in [0.2, 0.25) is 5.91 Å². The average Bonchev–Trinajstić information content (AvgIpc) is 3.03. The highest BCUT2D eigenvalue weighted by Gasteiger charge is 2.31. The van der Waals surface area contributed by atoms with E-state index >= 15 is 0 Å². The van der Waals surface area contributed by atoms with Gasteiger partial charge in [0.1, 0.15) is 12.3 Å². The molecule has 2 fully saturated rings. The molecule has 1 aromatic heterocycles. The van der Waals surface area contributed by atoms with Crippen LogP contribution in [0.5, 0.6) is 0 Å². The molecule has 2 aromatic rings.